The first-order chi connectivity index (χ1) is 10.7. The molecule has 5 heteroatoms. The number of carboxylic acid groups (broad SMARTS) is 1. The molecule has 1 aromatic carbocycles. The van der Waals surface area contributed by atoms with Crippen LogP contribution in [0.25, 0.3) is 6.08 Å². The number of carboxylic acids is 1. The van der Waals surface area contributed by atoms with Crippen molar-refractivity contribution in [3.63, 3.8) is 0 Å². The molecule has 114 valence electrons. The van der Waals surface area contributed by atoms with Gasteiger partial charge in [0, 0.05) is 29.6 Å². The highest BCUT2D eigenvalue weighted by Crippen LogP contribution is 2.33. The molecule has 0 aliphatic heterocycles. The maximum Gasteiger partial charge on any atom is 0.328 e. The van der Waals surface area contributed by atoms with E-state index in [1.165, 1.54) is 6.08 Å². The maximum absolute atomic E-state index is 10.7. The van der Waals surface area contributed by atoms with E-state index in [0.29, 0.717) is 30.3 Å². The van der Waals surface area contributed by atoms with Crippen LogP contribution in [0.3, 0.4) is 0 Å². The van der Waals surface area contributed by atoms with E-state index in [4.69, 9.17) is 14.6 Å². The van der Waals surface area contributed by atoms with E-state index in [9.17, 15) is 4.79 Å². The third kappa shape index (κ3) is 4.34. The normalized spacial score (nSPS) is 10.6. The number of pyridine rings is 1. The molecule has 0 saturated heterocycles. The molecule has 0 amide bonds. The van der Waals surface area contributed by atoms with Crippen molar-refractivity contribution in [1.82, 2.24) is 4.98 Å². The van der Waals surface area contributed by atoms with Crippen molar-refractivity contribution >= 4 is 12.0 Å². The van der Waals surface area contributed by atoms with Crippen LogP contribution in [0.2, 0.25) is 0 Å². The summed E-state index contributed by atoms with van der Waals surface area (Å²) in [6, 6.07) is 9.10. The van der Waals surface area contributed by atoms with E-state index < -0.39 is 5.97 Å². The first-order valence-electron chi connectivity index (χ1n) is 6.89. The Balaban J connectivity index is 2.26. The SMILES string of the molecule is CCOc1cccc(/C=C/C(=O)O)c1OCc1cccnc1. The molecule has 0 unspecified atom stereocenters. The lowest BCUT2D eigenvalue weighted by Gasteiger charge is -2.14. The van der Waals surface area contributed by atoms with Crippen molar-refractivity contribution in [3.05, 3.63) is 59.9 Å². The van der Waals surface area contributed by atoms with Crippen molar-refractivity contribution < 1.29 is 19.4 Å². The number of benzene rings is 1. The van der Waals surface area contributed by atoms with Gasteiger partial charge in [-0.2, -0.15) is 0 Å². The molecule has 5 nitrogen and oxygen atoms in total. The Morgan fingerprint density at radius 2 is 2.14 bits per heavy atom. The van der Waals surface area contributed by atoms with Crippen LogP contribution in [-0.4, -0.2) is 22.7 Å². The highest BCUT2D eigenvalue weighted by molar-refractivity contribution is 5.86. The van der Waals surface area contributed by atoms with Gasteiger partial charge in [-0.3, -0.25) is 4.98 Å². The summed E-state index contributed by atoms with van der Waals surface area (Å²) in [5.74, 6) is 0.0876. The quantitative estimate of drug-likeness (QED) is 0.795. The first-order valence-corrected chi connectivity index (χ1v) is 6.89. The minimum Gasteiger partial charge on any atom is -0.490 e. The Kier molecular flexibility index (Phi) is 5.54. The summed E-state index contributed by atoms with van der Waals surface area (Å²) in [5.41, 5.74) is 1.57. The molecule has 0 radical (unpaired) electrons. The van der Waals surface area contributed by atoms with Gasteiger partial charge < -0.3 is 14.6 Å². The third-order valence-corrected chi connectivity index (χ3v) is 2.82. The number of para-hydroxylation sites is 1. The smallest absolute Gasteiger partial charge is 0.328 e. The molecule has 0 atom stereocenters. The summed E-state index contributed by atoms with van der Waals surface area (Å²) in [6.07, 6.45) is 5.97. The summed E-state index contributed by atoms with van der Waals surface area (Å²) >= 11 is 0. The minimum atomic E-state index is -1.01. The summed E-state index contributed by atoms with van der Waals surface area (Å²) in [4.78, 5) is 14.7. The van der Waals surface area contributed by atoms with Gasteiger partial charge in [-0.1, -0.05) is 18.2 Å². The zero-order chi connectivity index (χ0) is 15.8. The summed E-state index contributed by atoms with van der Waals surface area (Å²) < 4.78 is 11.4. The summed E-state index contributed by atoms with van der Waals surface area (Å²) in [6.45, 7) is 2.70. The van der Waals surface area contributed by atoms with Crippen molar-refractivity contribution in [2.45, 2.75) is 13.5 Å². The van der Waals surface area contributed by atoms with Crippen LogP contribution in [0.4, 0.5) is 0 Å². The van der Waals surface area contributed by atoms with Gasteiger partial charge in [0.2, 0.25) is 0 Å². The Morgan fingerprint density at radius 1 is 1.27 bits per heavy atom. The fourth-order valence-corrected chi connectivity index (χ4v) is 1.89. The van der Waals surface area contributed by atoms with Gasteiger partial charge in [0.05, 0.1) is 6.61 Å². The molecule has 1 heterocycles. The zero-order valence-corrected chi connectivity index (χ0v) is 12.2. The van der Waals surface area contributed by atoms with E-state index in [1.54, 1.807) is 30.6 Å². The molecule has 1 N–H and O–H groups in total. The molecule has 1 aromatic heterocycles. The number of hydrogen-bond acceptors (Lipinski definition) is 4. The lowest BCUT2D eigenvalue weighted by atomic mass is 10.1. The standard InChI is InChI=1S/C17H17NO4/c1-2-21-15-7-3-6-14(8-9-16(19)20)17(15)22-12-13-5-4-10-18-11-13/h3-11H,2,12H2,1H3,(H,19,20)/b9-8+. The Hall–Kier alpha value is -2.82. The Labute approximate surface area is 128 Å². The number of ether oxygens (including phenoxy) is 2. The topological polar surface area (TPSA) is 68.7 Å². The van der Waals surface area contributed by atoms with Gasteiger partial charge in [-0.25, -0.2) is 4.79 Å². The molecule has 0 bridgehead atoms. The Bertz CT molecular complexity index is 653. The highest BCUT2D eigenvalue weighted by Gasteiger charge is 2.10. The second-order valence-corrected chi connectivity index (χ2v) is 4.43. The van der Waals surface area contributed by atoms with Crippen molar-refractivity contribution in [1.29, 1.82) is 0 Å². The first kappa shape index (κ1) is 15.6. The number of hydrogen-bond donors (Lipinski definition) is 1. The number of carbonyl (C=O) groups is 1. The highest BCUT2D eigenvalue weighted by atomic mass is 16.5. The van der Waals surface area contributed by atoms with Gasteiger partial charge in [0.25, 0.3) is 0 Å². The van der Waals surface area contributed by atoms with Crippen LogP contribution in [-0.2, 0) is 11.4 Å². The van der Waals surface area contributed by atoms with Gasteiger partial charge in [0.15, 0.2) is 11.5 Å². The summed E-state index contributed by atoms with van der Waals surface area (Å²) in [7, 11) is 0. The predicted octanol–water partition coefficient (Wildman–Crippen LogP) is 3.16. The average Bonchev–Trinajstić information content (AvgIpc) is 2.53. The van der Waals surface area contributed by atoms with Crippen molar-refractivity contribution in [2.24, 2.45) is 0 Å². The van der Waals surface area contributed by atoms with E-state index >= 15 is 0 Å². The lowest BCUT2D eigenvalue weighted by molar-refractivity contribution is -0.131. The van der Waals surface area contributed by atoms with Crippen LogP contribution < -0.4 is 9.47 Å². The number of nitrogens with zero attached hydrogens (tertiary/aromatic N) is 1. The van der Waals surface area contributed by atoms with Crippen LogP contribution in [0.15, 0.2) is 48.8 Å². The molecule has 0 saturated carbocycles. The molecule has 22 heavy (non-hydrogen) atoms. The van der Waals surface area contributed by atoms with E-state index in [1.807, 2.05) is 19.1 Å². The molecule has 0 aliphatic rings. The minimum absolute atomic E-state index is 0.325. The van der Waals surface area contributed by atoms with Crippen molar-refractivity contribution in [2.75, 3.05) is 6.61 Å². The van der Waals surface area contributed by atoms with Crippen LogP contribution >= 0.6 is 0 Å². The predicted molar refractivity (Wildman–Crippen MR) is 82.8 cm³/mol. The van der Waals surface area contributed by atoms with E-state index in [-0.39, 0.29) is 0 Å². The van der Waals surface area contributed by atoms with Gasteiger partial charge in [-0.15, -0.1) is 0 Å². The zero-order valence-electron chi connectivity index (χ0n) is 12.2. The molecule has 0 aliphatic carbocycles. The largest absolute Gasteiger partial charge is 0.490 e. The molecule has 2 aromatic rings. The lowest BCUT2D eigenvalue weighted by Crippen LogP contribution is -2.01. The van der Waals surface area contributed by atoms with Crippen molar-refractivity contribution in [3.8, 4) is 11.5 Å². The fourth-order valence-electron chi connectivity index (χ4n) is 1.89. The van der Waals surface area contributed by atoms with E-state index in [0.717, 1.165) is 11.6 Å². The monoisotopic (exact) mass is 299 g/mol. The van der Waals surface area contributed by atoms with Crippen LogP contribution in [0.5, 0.6) is 11.5 Å². The second kappa shape index (κ2) is 7.83. The molecular formula is C17H17NO4. The molecule has 0 fully saturated rings. The number of rotatable bonds is 7. The van der Waals surface area contributed by atoms with Gasteiger partial charge >= 0.3 is 5.97 Å². The number of aromatic nitrogens is 1. The number of aliphatic carboxylic acids is 1. The second-order valence-electron chi connectivity index (χ2n) is 4.43. The Morgan fingerprint density at radius 3 is 2.82 bits per heavy atom. The van der Waals surface area contributed by atoms with Gasteiger partial charge in [-0.05, 0) is 25.1 Å². The van der Waals surface area contributed by atoms with E-state index in [2.05, 4.69) is 4.98 Å². The third-order valence-electron chi connectivity index (χ3n) is 2.82. The van der Waals surface area contributed by atoms with Crippen LogP contribution in [0, 0.1) is 0 Å². The van der Waals surface area contributed by atoms with Gasteiger partial charge in [0.1, 0.15) is 6.61 Å². The average molecular weight is 299 g/mol. The fraction of sp³-hybridized carbons (Fsp3) is 0.176. The maximum atomic E-state index is 10.7. The molecular weight excluding hydrogens is 282 g/mol. The molecule has 0 spiro atoms. The van der Waals surface area contributed by atoms with Crippen LogP contribution in [0.1, 0.15) is 18.1 Å². The summed E-state index contributed by atoms with van der Waals surface area (Å²) in [5, 5.41) is 8.78. The molecule has 2 rings (SSSR count).